The third-order valence-corrected chi connectivity index (χ3v) is 4.96. The molecule has 1 aliphatic heterocycles. The monoisotopic (exact) mass is 328 g/mol. The molecule has 0 radical (unpaired) electrons. The number of carbonyl (C=O) groups excluding carboxylic acids is 1. The molecule has 1 aromatic heterocycles. The highest BCUT2D eigenvalue weighted by Crippen LogP contribution is 2.17. The van der Waals surface area contributed by atoms with Crippen LogP contribution in [-0.4, -0.2) is 35.1 Å². The molecule has 1 aromatic carbocycles. The molecular weight excluding hydrogens is 300 g/mol. The maximum Gasteiger partial charge on any atom is 0.220 e. The van der Waals surface area contributed by atoms with Gasteiger partial charge in [0.1, 0.15) is 5.82 Å². The molecule has 5 nitrogen and oxygen atoms in total. The van der Waals surface area contributed by atoms with Crippen molar-refractivity contribution in [2.75, 3.05) is 19.6 Å². The van der Waals surface area contributed by atoms with Crippen molar-refractivity contribution in [2.24, 2.45) is 5.92 Å². The Morgan fingerprint density at radius 2 is 2.12 bits per heavy atom. The van der Waals surface area contributed by atoms with Crippen LogP contribution in [0.4, 0.5) is 0 Å². The second kappa shape index (κ2) is 8.29. The number of aromatic nitrogens is 2. The van der Waals surface area contributed by atoms with Gasteiger partial charge < -0.3 is 15.2 Å². The summed E-state index contributed by atoms with van der Waals surface area (Å²) < 4.78 is 2.23. The van der Waals surface area contributed by atoms with E-state index >= 15 is 0 Å². The third-order valence-electron chi connectivity index (χ3n) is 4.96. The molecule has 1 aliphatic rings. The first kappa shape index (κ1) is 17.0. The van der Waals surface area contributed by atoms with Crippen LogP contribution in [0, 0.1) is 12.8 Å². The van der Waals surface area contributed by atoms with E-state index in [1.165, 1.54) is 18.4 Å². The van der Waals surface area contributed by atoms with Gasteiger partial charge >= 0.3 is 0 Å². The second-order valence-electron chi connectivity index (χ2n) is 6.73. The number of imidazole rings is 1. The van der Waals surface area contributed by atoms with Crippen molar-refractivity contribution >= 4 is 16.9 Å². The molecule has 1 fully saturated rings. The molecule has 130 valence electrons. The van der Waals surface area contributed by atoms with Crippen molar-refractivity contribution in [3.63, 3.8) is 0 Å². The lowest BCUT2D eigenvalue weighted by Crippen LogP contribution is -2.30. The lowest BCUT2D eigenvalue weighted by molar-refractivity contribution is -0.121. The molecule has 0 aliphatic carbocycles. The van der Waals surface area contributed by atoms with E-state index in [4.69, 9.17) is 0 Å². The molecule has 1 amide bonds. The number of amides is 1. The predicted molar refractivity (Wildman–Crippen MR) is 96.9 cm³/mol. The minimum absolute atomic E-state index is 0.195. The Balaban J connectivity index is 1.38. The number of hydrogen-bond acceptors (Lipinski definition) is 3. The fraction of sp³-hybridized carbons (Fsp3) is 0.579. The van der Waals surface area contributed by atoms with E-state index in [2.05, 4.69) is 26.3 Å². The average Bonchev–Trinajstić information content (AvgIpc) is 2.93. The standard InChI is InChI=1S/C19H28N4O/c1-15-22-17-5-2-3-6-18(17)23(15)14-4-11-21-19(24)8-7-16-9-12-20-13-10-16/h2-3,5-6,16,20H,4,7-14H2,1H3,(H,21,24). The number of para-hydroxylation sites is 2. The lowest BCUT2D eigenvalue weighted by atomic mass is 9.93. The van der Waals surface area contributed by atoms with Crippen molar-refractivity contribution in [1.29, 1.82) is 0 Å². The Morgan fingerprint density at radius 1 is 1.33 bits per heavy atom. The number of benzene rings is 1. The highest BCUT2D eigenvalue weighted by Gasteiger charge is 2.14. The molecular formula is C19H28N4O. The Morgan fingerprint density at radius 3 is 2.96 bits per heavy atom. The number of fused-ring (bicyclic) bond motifs is 1. The molecule has 0 spiro atoms. The first-order valence-corrected chi connectivity index (χ1v) is 9.13. The molecule has 2 heterocycles. The van der Waals surface area contributed by atoms with Gasteiger partial charge in [0.2, 0.25) is 5.91 Å². The Kier molecular flexibility index (Phi) is 5.86. The summed E-state index contributed by atoms with van der Waals surface area (Å²) in [5, 5.41) is 6.43. The van der Waals surface area contributed by atoms with Crippen LogP contribution in [0.25, 0.3) is 11.0 Å². The largest absolute Gasteiger partial charge is 0.356 e. The minimum atomic E-state index is 0.195. The van der Waals surface area contributed by atoms with Gasteiger partial charge in [-0.25, -0.2) is 4.98 Å². The highest BCUT2D eigenvalue weighted by molar-refractivity contribution is 5.76. The first-order valence-electron chi connectivity index (χ1n) is 9.13. The molecule has 2 aromatic rings. The van der Waals surface area contributed by atoms with Crippen molar-refractivity contribution < 1.29 is 4.79 Å². The zero-order valence-electron chi connectivity index (χ0n) is 14.6. The molecule has 0 bridgehead atoms. The summed E-state index contributed by atoms with van der Waals surface area (Å²) in [6, 6.07) is 8.21. The number of aryl methyl sites for hydroxylation is 2. The zero-order chi connectivity index (χ0) is 16.8. The van der Waals surface area contributed by atoms with Crippen molar-refractivity contribution in [3.05, 3.63) is 30.1 Å². The van der Waals surface area contributed by atoms with Crippen LogP contribution in [-0.2, 0) is 11.3 Å². The van der Waals surface area contributed by atoms with Crippen LogP contribution in [0.5, 0.6) is 0 Å². The number of nitrogens with zero attached hydrogens (tertiary/aromatic N) is 2. The number of hydrogen-bond donors (Lipinski definition) is 2. The molecule has 0 saturated carbocycles. The molecule has 0 atom stereocenters. The summed E-state index contributed by atoms with van der Waals surface area (Å²) in [5.41, 5.74) is 2.22. The van der Waals surface area contributed by atoms with Crippen LogP contribution < -0.4 is 10.6 Å². The van der Waals surface area contributed by atoms with E-state index in [-0.39, 0.29) is 5.91 Å². The van der Waals surface area contributed by atoms with Crippen LogP contribution in [0.1, 0.15) is 37.9 Å². The van der Waals surface area contributed by atoms with Gasteiger partial charge in [0, 0.05) is 19.5 Å². The maximum atomic E-state index is 12.0. The Labute approximate surface area is 143 Å². The van der Waals surface area contributed by atoms with E-state index in [1.54, 1.807) is 0 Å². The van der Waals surface area contributed by atoms with E-state index in [1.807, 2.05) is 25.1 Å². The van der Waals surface area contributed by atoms with Crippen LogP contribution in [0.2, 0.25) is 0 Å². The van der Waals surface area contributed by atoms with E-state index in [0.717, 1.165) is 56.3 Å². The molecule has 24 heavy (non-hydrogen) atoms. The topological polar surface area (TPSA) is 59.0 Å². The van der Waals surface area contributed by atoms with Gasteiger partial charge in [-0.3, -0.25) is 4.79 Å². The zero-order valence-corrected chi connectivity index (χ0v) is 14.6. The second-order valence-corrected chi connectivity index (χ2v) is 6.73. The first-order chi connectivity index (χ1) is 11.7. The number of rotatable bonds is 7. The SMILES string of the molecule is Cc1nc2ccccc2n1CCCNC(=O)CCC1CCNCC1. The summed E-state index contributed by atoms with van der Waals surface area (Å²) >= 11 is 0. The number of piperidine rings is 1. The molecule has 2 N–H and O–H groups in total. The van der Waals surface area contributed by atoms with Gasteiger partial charge in [-0.2, -0.15) is 0 Å². The van der Waals surface area contributed by atoms with Gasteiger partial charge in [-0.15, -0.1) is 0 Å². The summed E-state index contributed by atoms with van der Waals surface area (Å²) in [7, 11) is 0. The number of carbonyl (C=O) groups is 1. The minimum Gasteiger partial charge on any atom is -0.356 e. The van der Waals surface area contributed by atoms with Gasteiger partial charge in [0.15, 0.2) is 0 Å². The third kappa shape index (κ3) is 4.35. The Bertz CT molecular complexity index is 673. The summed E-state index contributed by atoms with van der Waals surface area (Å²) in [4.78, 5) is 16.6. The van der Waals surface area contributed by atoms with Gasteiger partial charge in [0.25, 0.3) is 0 Å². The van der Waals surface area contributed by atoms with Gasteiger partial charge in [-0.05, 0) is 63.7 Å². The number of nitrogens with one attached hydrogen (secondary N) is 2. The van der Waals surface area contributed by atoms with Crippen LogP contribution >= 0.6 is 0 Å². The van der Waals surface area contributed by atoms with E-state index in [0.29, 0.717) is 6.42 Å². The molecule has 0 unspecified atom stereocenters. The summed E-state index contributed by atoms with van der Waals surface area (Å²) in [6.45, 7) is 5.87. The highest BCUT2D eigenvalue weighted by atomic mass is 16.1. The maximum absolute atomic E-state index is 12.0. The molecule has 3 rings (SSSR count). The van der Waals surface area contributed by atoms with E-state index in [9.17, 15) is 4.79 Å². The smallest absolute Gasteiger partial charge is 0.220 e. The quantitative estimate of drug-likeness (QED) is 0.768. The van der Waals surface area contributed by atoms with Crippen molar-refractivity contribution in [2.45, 2.75) is 45.6 Å². The summed E-state index contributed by atoms with van der Waals surface area (Å²) in [6.07, 6.45) is 5.04. The van der Waals surface area contributed by atoms with Crippen LogP contribution in [0.15, 0.2) is 24.3 Å². The van der Waals surface area contributed by atoms with Gasteiger partial charge in [-0.1, -0.05) is 12.1 Å². The lowest BCUT2D eigenvalue weighted by Gasteiger charge is -2.22. The normalized spacial score (nSPS) is 15.7. The van der Waals surface area contributed by atoms with Crippen molar-refractivity contribution in [3.8, 4) is 0 Å². The van der Waals surface area contributed by atoms with Crippen molar-refractivity contribution in [1.82, 2.24) is 20.2 Å². The predicted octanol–water partition coefficient (Wildman–Crippen LogP) is 2.63. The summed E-state index contributed by atoms with van der Waals surface area (Å²) in [5.74, 6) is 1.95. The van der Waals surface area contributed by atoms with Crippen LogP contribution in [0.3, 0.4) is 0 Å². The fourth-order valence-corrected chi connectivity index (χ4v) is 3.54. The van der Waals surface area contributed by atoms with Gasteiger partial charge in [0.05, 0.1) is 11.0 Å². The molecule has 5 heteroatoms. The Hall–Kier alpha value is -1.88. The molecule has 1 saturated heterocycles. The average molecular weight is 328 g/mol. The fourth-order valence-electron chi connectivity index (χ4n) is 3.54. The van der Waals surface area contributed by atoms with E-state index < -0.39 is 0 Å².